The van der Waals surface area contributed by atoms with Crippen LogP contribution >= 0.6 is 0 Å². The van der Waals surface area contributed by atoms with E-state index in [1.54, 1.807) is 0 Å². The highest BCUT2D eigenvalue weighted by atomic mass is 16.5. The first-order valence-corrected chi connectivity index (χ1v) is 6.40. The zero-order valence-electron chi connectivity index (χ0n) is 10.8. The van der Waals surface area contributed by atoms with Crippen LogP contribution in [0.5, 0.6) is 5.75 Å². The zero-order chi connectivity index (χ0) is 13.1. The van der Waals surface area contributed by atoms with Crippen molar-refractivity contribution < 1.29 is 4.74 Å². The lowest BCUT2D eigenvalue weighted by molar-refractivity contribution is 0.223. The summed E-state index contributed by atoms with van der Waals surface area (Å²) < 4.78 is 5.95. The molecule has 3 rings (SSSR count). The third-order valence-electron chi connectivity index (χ3n) is 3.15. The Morgan fingerprint density at radius 1 is 0.895 bits per heavy atom. The highest BCUT2D eigenvalue weighted by Crippen LogP contribution is 2.25. The standard InChI is InChI=1S/C17H15NO/c1-13(19-15-8-3-2-4-9-15)17-16-10-6-5-7-14(16)11-12-18-17/h2-13H,1H3. The monoisotopic (exact) mass is 249 g/mol. The molecule has 0 aliphatic rings. The van der Waals surface area contributed by atoms with E-state index in [4.69, 9.17) is 4.74 Å². The molecule has 1 aromatic heterocycles. The predicted octanol–water partition coefficient (Wildman–Crippen LogP) is 4.37. The van der Waals surface area contributed by atoms with Crippen molar-refractivity contribution in [1.29, 1.82) is 0 Å². The third kappa shape index (κ3) is 2.43. The minimum Gasteiger partial charge on any atom is -0.484 e. The fourth-order valence-corrected chi connectivity index (χ4v) is 2.23. The first kappa shape index (κ1) is 11.7. The van der Waals surface area contributed by atoms with E-state index in [0.29, 0.717) is 0 Å². The lowest BCUT2D eigenvalue weighted by Crippen LogP contribution is -2.05. The quantitative estimate of drug-likeness (QED) is 0.687. The molecule has 2 aromatic carbocycles. The van der Waals surface area contributed by atoms with Gasteiger partial charge >= 0.3 is 0 Å². The molecule has 0 spiro atoms. The number of hydrogen-bond acceptors (Lipinski definition) is 2. The van der Waals surface area contributed by atoms with Crippen LogP contribution in [0, 0.1) is 0 Å². The molecule has 0 saturated heterocycles. The van der Waals surface area contributed by atoms with E-state index in [1.807, 2.05) is 61.7 Å². The fourth-order valence-electron chi connectivity index (χ4n) is 2.23. The first-order chi connectivity index (χ1) is 9.34. The molecule has 0 fully saturated rings. The summed E-state index contributed by atoms with van der Waals surface area (Å²) in [7, 11) is 0. The summed E-state index contributed by atoms with van der Waals surface area (Å²) in [5.41, 5.74) is 0.974. The van der Waals surface area contributed by atoms with E-state index in [0.717, 1.165) is 16.8 Å². The van der Waals surface area contributed by atoms with Gasteiger partial charge in [0.05, 0.1) is 5.69 Å². The molecule has 0 amide bonds. The van der Waals surface area contributed by atoms with Crippen molar-refractivity contribution in [1.82, 2.24) is 4.98 Å². The molecular formula is C17H15NO. The van der Waals surface area contributed by atoms with E-state index < -0.39 is 0 Å². The summed E-state index contributed by atoms with van der Waals surface area (Å²) >= 11 is 0. The number of pyridine rings is 1. The molecule has 1 unspecified atom stereocenters. The van der Waals surface area contributed by atoms with Gasteiger partial charge in [0.15, 0.2) is 0 Å². The summed E-state index contributed by atoms with van der Waals surface area (Å²) in [6, 6.07) is 20.1. The zero-order valence-corrected chi connectivity index (χ0v) is 10.8. The minimum atomic E-state index is -0.0755. The van der Waals surface area contributed by atoms with Crippen molar-refractivity contribution in [3.8, 4) is 5.75 Å². The van der Waals surface area contributed by atoms with Crippen molar-refractivity contribution in [2.45, 2.75) is 13.0 Å². The number of benzene rings is 2. The number of fused-ring (bicyclic) bond motifs is 1. The topological polar surface area (TPSA) is 22.1 Å². The van der Waals surface area contributed by atoms with Gasteiger partial charge in [0.1, 0.15) is 11.9 Å². The van der Waals surface area contributed by atoms with Crippen LogP contribution in [0.25, 0.3) is 10.8 Å². The third-order valence-corrected chi connectivity index (χ3v) is 3.15. The molecule has 19 heavy (non-hydrogen) atoms. The highest BCUT2D eigenvalue weighted by Gasteiger charge is 2.12. The lowest BCUT2D eigenvalue weighted by Gasteiger charge is -2.15. The summed E-state index contributed by atoms with van der Waals surface area (Å²) in [6.45, 7) is 2.03. The van der Waals surface area contributed by atoms with Crippen LogP contribution in [0.1, 0.15) is 18.7 Å². The second-order valence-electron chi connectivity index (χ2n) is 4.49. The van der Waals surface area contributed by atoms with Gasteiger partial charge in [-0.25, -0.2) is 0 Å². The molecule has 0 aliphatic heterocycles. The van der Waals surface area contributed by atoms with E-state index in [-0.39, 0.29) is 6.10 Å². The molecule has 0 bridgehead atoms. The van der Waals surface area contributed by atoms with Crippen LogP contribution in [0.3, 0.4) is 0 Å². The molecule has 0 radical (unpaired) electrons. The Kier molecular flexibility index (Phi) is 3.15. The van der Waals surface area contributed by atoms with Gasteiger partial charge in [0.25, 0.3) is 0 Å². The summed E-state index contributed by atoms with van der Waals surface area (Å²) in [4.78, 5) is 4.48. The van der Waals surface area contributed by atoms with Crippen LogP contribution in [-0.2, 0) is 0 Å². The van der Waals surface area contributed by atoms with Crippen molar-refractivity contribution in [2.24, 2.45) is 0 Å². The molecule has 0 aliphatic carbocycles. The van der Waals surface area contributed by atoms with Crippen LogP contribution in [0.4, 0.5) is 0 Å². The average molecular weight is 249 g/mol. The number of rotatable bonds is 3. The molecule has 3 aromatic rings. The van der Waals surface area contributed by atoms with Gasteiger partial charge in [-0.2, -0.15) is 0 Å². The van der Waals surface area contributed by atoms with Crippen LogP contribution in [0.15, 0.2) is 66.9 Å². The maximum absolute atomic E-state index is 5.95. The lowest BCUT2D eigenvalue weighted by atomic mass is 10.1. The van der Waals surface area contributed by atoms with E-state index >= 15 is 0 Å². The molecule has 2 nitrogen and oxygen atoms in total. The van der Waals surface area contributed by atoms with Gasteiger partial charge in [-0.05, 0) is 30.5 Å². The van der Waals surface area contributed by atoms with Gasteiger partial charge in [0.2, 0.25) is 0 Å². The van der Waals surface area contributed by atoms with Gasteiger partial charge in [0, 0.05) is 11.6 Å². The second-order valence-corrected chi connectivity index (χ2v) is 4.49. The van der Waals surface area contributed by atoms with Gasteiger partial charge in [-0.15, -0.1) is 0 Å². The summed E-state index contributed by atoms with van der Waals surface area (Å²) in [6.07, 6.45) is 1.76. The Hall–Kier alpha value is -2.35. The Balaban J connectivity index is 1.96. The van der Waals surface area contributed by atoms with Crippen LogP contribution < -0.4 is 4.74 Å². The number of nitrogens with zero attached hydrogens (tertiary/aromatic N) is 1. The number of para-hydroxylation sites is 1. The van der Waals surface area contributed by atoms with Crippen molar-refractivity contribution in [2.75, 3.05) is 0 Å². The van der Waals surface area contributed by atoms with Gasteiger partial charge < -0.3 is 4.74 Å². The number of hydrogen-bond donors (Lipinski definition) is 0. The normalized spacial score (nSPS) is 12.3. The largest absolute Gasteiger partial charge is 0.484 e. The Labute approximate surface area is 112 Å². The van der Waals surface area contributed by atoms with Gasteiger partial charge in [-0.1, -0.05) is 42.5 Å². The van der Waals surface area contributed by atoms with E-state index in [1.165, 1.54) is 5.39 Å². The molecule has 94 valence electrons. The molecule has 1 atom stereocenters. The summed E-state index contributed by atoms with van der Waals surface area (Å²) in [5, 5.41) is 2.34. The fraction of sp³-hybridized carbons (Fsp3) is 0.118. The van der Waals surface area contributed by atoms with E-state index in [9.17, 15) is 0 Å². The maximum Gasteiger partial charge on any atom is 0.138 e. The number of aromatic nitrogens is 1. The minimum absolute atomic E-state index is 0.0755. The molecular weight excluding hydrogens is 234 g/mol. The molecule has 2 heteroatoms. The van der Waals surface area contributed by atoms with Crippen molar-refractivity contribution in [3.05, 3.63) is 72.6 Å². The first-order valence-electron chi connectivity index (χ1n) is 6.40. The Morgan fingerprint density at radius 3 is 2.47 bits per heavy atom. The second kappa shape index (κ2) is 5.11. The van der Waals surface area contributed by atoms with Crippen LogP contribution in [0.2, 0.25) is 0 Å². The van der Waals surface area contributed by atoms with Crippen LogP contribution in [-0.4, -0.2) is 4.98 Å². The van der Waals surface area contributed by atoms with Crippen molar-refractivity contribution in [3.63, 3.8) is 0 Å². The molecule has 0 N–H and O–H groups in total. The Bertz CT molecular complexity index is 674. The average Bonchev–Trinajstić information content (AvgIpc) is 2.47. The highest BCUT2D eigenvalue weighted by molar-refractivity contribution is 5.84. The molecule has 0 saturated carbocycles. The molecule has 1 heterocycles. The van der Waals surface area contributed by atoms with Crippen molar-refractivity contribution >= 4 is 10.8 Å². The van der Waals surface area contributed by atoms with E-state index in [2.05, 4.69) is 17.1 Å². The maximum atomic E-state index is 5.95. The summed E-state index contributed by atoms with van der Waals surface area (Å²) in [5.74, 6) is 0.865. The Morgan fingerprint density at radius 2 is 1.63 bits per heavy atom. The number of ether oxygens (including phenoxy) is 1. The SMILES string of the molecule is CC(Oc1ccccc1)c1nccc2ccccc12. The smallest absolute Gasteiger partial charge is 0.138 e. The van der Waals surface area contributed by atoms with Gasteiger partial charge in [-0.3, -0.25) is 4.98 Å². The predicted molar refractivity (Wildman–Crippen MR) is 77.2 cm³/mol.